The number of hydrogen-bond donors (Lipinski definition) is 1. The van der Waals surface area contributed by atoms with E-state index in [1.807, 2.05) is 34.5 Å². The van der Waals surface area contributed by atoms with Crippen LogP contribution < -0.4 is 0 Å². The number of fused-ring (bicyclic) bond motifs is 1. The van der Waals surface area contributed by atoms with Crippen molar-refractivity contribution in [2.24, 2.45) is 0 Å². The van der Waals surface area contributed by atoms with Crippen molar-refractivity contribution in [3.05, 3.63) is 57.8 Å². The van der Waals surface area contributed by atoms with E-state index in [0.29, 0.717) is 6.42 Å². The average molecular weight is 327 g/mol. The largest absolute Gasteiger partial charge is 0.387 e. The number of benzene rings is 1. The number of rotatable bonds is 4. The van der Waals surface area contributed by atoms with Gasteiger partial charge in [0.1, 0.15) is 0 Å². The Morgan fingerprint density at radius 2 is 2.17 bits per heavy atom. The highest BCUT2D eigenvalue weighted by Crippen LogP contribution is 2.38. The third-order valence-electron chi connectivity index (χ3n) is 5.18. The molecule has 4 heteroatoms. The van der Waals surface area contributed by atoms with E-state index in [4.69, 9.17) is 0 Å². The highest BCUT2D eigenvalue weighted by molar-refractivity contribution is 7.10. The fourth-order valence-electron chi connectivity index (χ4n) is 3.90. The SMILES string of the molecule is O=C(C1Cc2ccccc21)N1CCCC1CC(O)c1cccs1. The van der Waals surface area contributed by atoms with Gasteiger partial charge in [-0.05, 0) is 48.3 Å². The Morgan fingerprint density at radius 3 is 2.96 bits per heavy atom. The van der Waals surface area contributed by atoms with Crippen LogP contribution in [0.3, 0.4) is 0 Å². The van der Waals surface area contributed by atoms with Crippen LogP contribution in [0, 0.1) is 0 Å². The molecular weight excluding hydrogens is 306 g/mol. The molecule has 1 aromatic carbocycles. The van der Waals surface area contributed by atoms with Crippen LogP contribution in [0.5, 0.6) is 0 Å². The van der Waals surface area contributed by atoms with Crippen LogP contribution in [0.15, 0.2) is 41.8 Å². The van der Waals surface area contributed by atoms with E-state index in [1.165, 1.54) is 11.1 Å². The zero-order valence-corrected chi connectivity index (χ0v) is 13.8. The molecular formula is C19H21NO2S. The Labute approximate surface area is 140 Å². The highest BCUT2D eigenvalue weighted by Gasteiger charge is 2.39. The second-order valence-corrected chi connectivity index (χ2v) is 7.53. The van der Waals surface area contributed by atoms with Crippen LogP contribution in [-0.4, -0.2) is 28.5 Å². The fraction of sp³-hybridized carbons (Fsp3) is 0.421. The van der Waals surface area contributed by atoms with Crippen molar-refractivity contribution < 1.29 is 9.90 Å². The smallest absolute Gasteiger partial charge is 0.230 e. The molecule has 3 atom stereocenters. The van der Waals surface area contributed by atoms with Gasteiger partial charge >= 0.3 is 0 Å². The Morgan fingerprint density at radius 1 is 1.30 bits per heavy atom. The molecule has 1 aliphatic heterocycles. The lowest BCUT2D eigenvalue weighted by Crippen LogP contribution is -2.42. The van der Waals surface area contributed by atoms with Crippen molar-refractivity contribution in [1.29, 1.82) is 0 Å². The van der Waals surface area contributed by atoms with Crippen molar-refractivity contribution in [2.45, 2.75) is 43.7 Å². The van der Waals surface area contributed by atoms with Crippen LogP contribution in [0.25, 0.3) is 0 Å². The molecule has 1 amide bonds. The molecule has 2 aliphatic rings. The van der Waals surface area contributed by atoms with Crippen LogP contribution >= 0.6 is 11.3 Å². The monoisotopic (exact) mass is 327 g/mol. The first-order valence-electron chi connectivity index (χ1n) is 8.34. The molecule has 0 bridgehead atoms. The zero-order chi connectivity index (χ0) is 15.8. The number of thiophene rings is 1. The van der Waals surface area contributed by atoms with E-state index in [0.717, 1.165) is 30.7 Å². The Hall–Kier alpha value is -1.65. The van der Waals surface area contributed by atoms with Gasteiger partial charge in [-0.1, -0.05) is 30.3 Å². The summed E-state index contributed by atoms with van der Waals surface area (Å²) in [6.07, 6.45) is 3.11. The van der Waals surface area contributed by atoms with E-state index >= 15 is 0 Å². The summed E-state index contributed by atoms with van der Waals surface area (Å²) in [7, 11) is 0. The lowest BCUT2D eigenvalue weighted by molar-refractivity contribution is -0.134. The maximum Gasteiger partial charge on any atom is 0.230 e. The minimum Gasteiger partial charge on any atom is -0.387 e. The van der Waals surface area contributed by atoms with Crippen molar-refractivity contribution in [2.75, 3.05) is 6.54 Å². The molecule has 0 saturated carbocycles. The molecule has 1 aromatic heterocycles. The summed E-state index contributed by atoms with van der Waals surface area (Å²) >= 11 is 1.58. The average Bonchev–Trinajstić information content (AvgIpc) is 3.19. The summed E-state index contributed by atoms with van der Waals surface area (Å²) in [6.45, 7) is 0.833. The summed E-state index contributed by atoms with van der Waals surface area (Å²) in [6, 6.07) is 12.3. The van der Waals surface area contributed by atoms with Gasteiger partial charge < -0.3 is 10.0 Å². The molecule has 120 valence electrons. The molecule has 1 aliphatic carbocycles. The van der Waals surface area contributed by atoms with E-state index < -0.39 is 6.10 Å². The topological polar surface area (TPSA) is 40.5 Å². The van der Waals surface area contributed by atoms with Gasteiger partial charge in [0.05, 0.1) is 12.0 Å². The molecule has 0 radical (unpaired) electrons. The number of aliphatic hydroxyl groups excluding tert-OH is 1. The summed E-state index contributed by atoms with van der Waals surface area (Å²) in [5.41, 5.74) is 2.50. The highest BCUT2D eigenvalue weighted by atomic mass is 32.1. The van der Waals surface area contributed by atoms with E-state index in [9.17, 15) is 9.90 Å². The van der Waals surface area contributed by atoms with Gasteiger partial charge in [0.25, 0.3) is 0 Å². The van der Waals surface area contributed by atoms with Gasteiger partial charge in [-0.25, -0.2) is 0 Å². The molecule has 0 spiro atoms. The molecule has 3 unspecified atom stereocenters. The van der Waals surface area contributed by atoms with Crippen LogP contribution in [-0.2, 0) is 11.2 Å². The first-order valence-corrected chi connectivity index (χ1v) is 9.22. The standard InChI is InChI=1S/C19H21NO2S/c21-17(18-8-4-10-23-18)12-14-6-3-9-20(14)19(22)16-11-13-5-1-2-7-15(13)16/h1-2,4-5,7-8,10,14,16-17,21H,3,6,9,11-12H2. The normalized spacial score (nSPS) is 24.1. The van der Waals surface area contributed by atoms with Gasteiger partial charge in [0.15, 0.2) is 0 Å². The van der Waals surface area contributed by atoms with E-state index in [-0.39, 0.29) is 17.9 Å². The number of aliphatic hydroxyl groups is 1. The molecule has 1 N–H and O–H groups in total. The number of amides is 1. The quantitative estimate of drug-likeness (QED) is 0.933. The maximum absolute atomic E-state index is 12.9. The third kappa shape index (κ3) is 2.70. The van der Waals surface area contributed by atoms with Gasteiger partial charge in [0, 0.05) is 17.5 Å². The van der Waals surface area contributed by atoms with Gasteiger partial charge in [-0.2, -0.15) is 0 Å². The minimum absolute atomic E-state index is 0.0330. The van der Waals surface area contributed by atoms with Gasteiger partial charge in [0.2, 0.25) is 5.91 Å². The van der Waals surface area contributed by atoms with Gasteiger partial charge in [-0.15, -0.1) is 11.3 Å². The molecule has 4 rings (SSSR count). The van der Waals surface area contributed by atoms with Crippen molar-refractivity contribution >= 4 is 17.2 Å². The van der Waals surface area contributed by atoms with E-state index in [1.54, 1.807) is 11.3 Å². The lowest BCUT2D eigenvalue weighted by Gasteiger charge is -2.35. The summed E-state index contributed by atoms with van der Waals surface area (Å²) in [5, 5.41) is 12.4. The Bertz CT molecular complexity index is 697. The molecule has 1 fully saturated rings. The second-order valence-electron chi connectivity index (χ2n) is 6.55. The fourth-order valence-corrected chi connectivity index (χ4v) is 4.63. The number of carbonyl (C=O) groups is 1. The zero-order valence-electron chi connectivity index (χ0n) is 13.0. The predicted octanol–water partition coefficient (Wildman–Crippen LogP) is 3.50. The van der Waals surface area contributed by atoms with Crippen molar-refractivity contribution in [3.63, 3.8) is 0 Å². The number of hydrogen-bond acceptors (Lipinski definition) is 3. The molecule has 2 heterocycles. The number of nitrogens with zero attached hydrogens (tertiary/aromatic N) is 1. The number of likely N-dealkylation sites (tertiary alicyclic amines) is 1. The van der Waals surface area contributed by atoms with E-state index in [2.05, 4.69) is 12.1 Å². The van der Waals surface area contributed by atoms with Crippen molar-refractivity contribution in [1.82, 2.24) is 4.90 Å². The summed E-state index contributed by atoms with van der Waals surface area (Å²) < 4.78 is 0. The first kappa shape index (κ1) is 14.9. The Kier molecular flexibility index (Phi) is 3.95. The van der Waals surface area contributed by atoms with Crippen LogP contribution in [0.2, 0.25) is 0 Å². The third-order valence-corrected chi connectivity index (χ3v) is 6.15. The van der Waals surface area contributed by atoms with Gasteiger partial charge in [-0.3, -0.25) is 4.79 Å². The molecule has 3 nitrogen and oxygen atoms in total. The summed E-state index contributed by atoms with van der Waals surface area (Å²) in [4.78, 5) is 15.9. The Balaban J connectivity index is 1.45. The van der Waals surface area contributed by atoms with Crippen LogP contribution in [0.4, 0.5) is 0 Å². The lowest BCUT2D eigenvalue weighted by atomic mass is 9.76. The maximum atomic E-state index is 12.9. The minimum atomic E-state index is -0.456. The summed E-state index contributed by atoms with van der Waals surface area (Å²) in [5.74, 6) is 0.287. The molecule has 1 saturated heterocycles. The van der Waals surface area contributed by atoms with Crippen molar-refractivity contribution in [3.8, 4) is 0 Å². The second kappa shape index (κ2) is 6.10. The predicted molar refractivity (Wildman–Crippen MR) is 91.5 cm³/mol. The first-order chi connectivity index (χ1) is 11.2. The van der Waals surface area contributed by atoms with Crippen LogP contribution in [0.1, 0.15) is 47.3 Å². The number of carbonyl (C=O) groups excluding carboxylic acids is 1. The molecule has 23 heavy (non-hydrogen) atoms. The molecule has 2 aromatic rings.